The second-order valence-corrected chi connectivity index (χ2v) is 5.39. The van der Waals surface area contributed by atoms with E-state index in [4.69, 9.17) is 21.1 Å². The summed E-state index contributed by atoms with van der Waals surface area (Å²) in [6, 6.07) is 6.70. The Morgan fingerprint density at radius 1 is 1.14 bits per heavy atom. The first-order valence-electron chi connectivity index (χ1n) is 6.31. The number of carbonyl (C=O) groups excluding carboxylic acids is 2. The van der Waals surface area contributed by atoms with Crippen LogP contribution in [0.4, 0.5) is 15.3 Å². The van der Waals surface area contributed by atoms with E-state index in [1.54, 1.807) is 45.0 Å². The van der Waals surface area contributed by atoms with Gasteiger partial charge in [0, 0.05) is 17.3 Å². The lowest BCUT2D eigenvalue weighted by atomic mass is 10.2. The van der Waals surface area contributed by atoms with Crippen LogP contribution in [0.5, 0.6) is 5.75 Å². The van der Waals surface area contributed by atoms with Gasteiger partial charge in [0.2, 0.25) is 0 Å². The molecule has 0 spiro atoms. The van der Waals surface area contributed by atoms with Crippen molar-refractivity contribution >= 4 is 28.8 Å². The Morgan fingerprint density at radius 2 is 1.76 bits per heavy atom. The lowest BCUT2D eigenvalue weighted by Crippen LogP contribution is -2.27. The third-order valence-corrected chi connectivity index (χ3v) is 2.18. The maximum Gasteiger partial charge on any atom is 0.412 e. The van der Waals surface area contributed by atoms with Crippen LogP contribution in [-0.2, 0) is 9.47 Å². The van der Waals surface area contributed by atoms with E-state index in [0.29, 0.717) is 11.4 Å². The van der Waals surface area contributed by atoms with Gasteiger partial charge in [-0.1, -0.05) is 0 Å². The van der Waals surface area contributed by atoms with Crippen LogP contribution in [0.25, 0.3) is 0 Å². The van der Waals surface area contributed by atoms with Crippen molar-refractivity contribution in [2.45, 2.75) is 26.4 Å². The Bertz CT molecular complexity index is 481. The average molecular weight is 316 g/mol. The topological polar surface area (TPSA) is 73.9 Å². The second-order valence-electron chi connectivity index (χ2n) is 5.09. The van der Waals surface area contributed by atoms with Gasteiger partial charge >= 0.3 is 11.5 Å². The molecule has 0 fully saturated rings. The van der Waals surface area contributed by atoms with Crippen LogP contribution in [0.1, 0.15) is 20.8 Å². The summed E-state index contributed by atoms with van der Waals surface area (Å²) in [7, 11) is 0. The molecule has 21 heavy (non-hydrogen) atoms. The Morgan fingerprint density at radius 3 is 2.29 bits per heavy atom. The number of nitrogens with one attached hydrogen (secondary N) is 1. The van der Waals surface area contributed by atoms with E-state index < -0.39 is 17.1 Å². The van der Waals surface area contributed by atoms with Gasteiger partial charge in [0.25, 0.3) is 0 Å². The first-order chi connectivity index (χ1) is 9.76. The number of anilines is 1. The molecule has 0 saturated carbocycles. The van der Waals surface area contributed by atoms with Crippen LogP contribution in [0.3, 0.4) is 0 Å². The summed E-state index contributed by atoms with van der Waals surface area (Å²) in [5.41, 5.74) is -0.827. The van der Waals surface area contributed by atoms with Gasteiger partial charge in [0.15, 0.2) is 0 Å². The fourth-order valence-corrected chi connectivity index (χ4v) is 1.41. The van der Waals surface area contributed by atoms with Crippen molar-refractivity contribution < 1.29 is 23.8 Å². The lowest BCUT2D eigenvalue weighted by molar-refractivity contribution is 0.0636. The molecule has 0 atom stereocenters. The van der Waals surface area contributed by atoms with E-state index in [1.165, 1.54) is 0 Å². The van der Waals surface area contributed by atoms with Crippen LogP contribution >= 0.6 is 11.6 Å². The van der Waals surface area contributed by atoms with Crippen molar-refractivity contribution in [2.75, 3.05) is 18.5 Å². The molecule has 0 saturated heterocycles. The molecule has 7 heteroatoms. The van der Waals surface area contributed by atoms with E-state index in [2.05, 4.69) is 10.1 Å². The number of benzene rings is 1. The highest BCUT2D eigenvalue weighted by Gasteiger charge is 2.16. The molecule has 116 valence electrons. The van der Waals surface area contributed by atoms with E-state index in [-0.39, 0.29) is 13.2 Å². The standard InChI is InChI=1S/C14H18ClNO5/c1-14(2,3)21-13(18)16-10-4-6-11(7-5-10)19-8-9-20-12(15)17/h4-7H,8-9H2,1-3H3,(H,16,18). The number of rotatable bonds is 5. The predicted octanol–water partition coefficient (Wildman–Crippen LogP) is 3.79. The molecule has 1 N–H and O–H groups in total. The molecule has 0 radical (unpaired) electrons. The van der Waals surface area contributed by atoms with Gasteiger partial charge in [-0.3, -0.25) is 5.32 Å². The molecule has 0 unspecified atom stereocenters. The van der Waals surface area contributed by atoms with Gasteiger partial charge in [0.1, 0.15) is 24.6 Å². The highest BCUT2D eigenvalue weighted by molar-refractivity contribution is 6.61. The molecule has 0 bridgehead atoms. The summed E-state index contributed by atoms with van der Waals surface area (Å²) in [6.07, 6.45) is -0.523. The minimum Gasteiger partial charge on any atom is -0.490 e. The van der Waals surface area contributed by atoms with Gasteiger partial charge < -0.3 is 14.2 Å². The Kier molecular flexibility index (Phi) is 6.30. The number of hydrogen-bond acceptors (Lipinski definition) is 5. The molecule has 0 aliphatic heterocycles. The normalized spacial score (nSPS) is 10.7. The minimum atomic E-state index is -0.865. The zero-order chi connectivity index (χ0) is 15.9. The van der Waals surface area contributed by atoms with Gasteiger partial charge in [-0.25, -0.2) is 9.59 Å². The maximum absolute atomic E-state index is 11.6. The molecule has 6 nitrogen and oxygen atoms in total. The van der Waals surface area contributed by atoms with Gasteiger partial charge in [-0.05, 0) is 45.0 Å². The highest BCUT2D eigenvalue weighted by Crippen LogP contribution is 2.17. The van der Waals surface area contributed by atoms with Crippen molar-refractivity contribution in [2.24, 2.45) is 0 Å². The molecule has 1 aromatic carbocycles. The summed E-state index contributed by atoms with van der Waals surface area (Å²) in [5, 5.41) is 2.60. The minimum absolute atomic E-state index is 0.0697. The lowest BCUT2D eigenvalue weighted by Gasteiger charge is -2.19. The van der Waals surface area contributed by atoms with Crippen molar-refractivity contribution in [1.29, 1.82) is 0 Å². The zero-order valence-corrected chi connectivity index (χ0v) is 12.9. The fraction of sp³-hybridized carbons (Fsp3) is 0.429. The summed E-state index contributed by atoms with van der Waals surface area (Å²) in [5.74, 6) is 0.579. The van der Waals surface area contributed by atoms with E-state index in [9.17, 15) is 9.59 Å². The first-order valence-corrected chi connectivity index (χ1v) is 6.69. The summed E-state index contributed by atoms with van der Waals surface area (Å²) < 4.78 is 15.0. The van der Waals surface area contributed by atoms with Crippen LogP contribution < -0.4 is 10.1 Å². The molecule has 0 aliphatic carbocycles. The van der Waals surface area contributed by atoms with Crippen molar-refractivity contribution in [3.8, 4) is 5.75 Å². The number of carbonyl (C=O) groups is 2. The summed E-state index contributed by atoms with van der Waals surface area (Å²) >= 11 is 5.01. The first kappa shape index (κ1) is 17.1. The molecular weight excluding hydrogens is 298 g/mol. The third kappa shape index (κ3) is 8.04. The number of ether oxygens (including phenoxy) is 3. The number of hydrogen-bond donors (Lipinski definition) is 1. The molecule has 0 aliphatic rings. The zero-order valence-electron chi connectivity index (χ0n) is 12.1. The second kappa shape index (κ2) is 7.73. The molecule has 1 aromatic rings. The smallest absolute Gasteiger partial charge is 0.412 e. The quantitative estimate of drug-likeness (QED) is 0.661. The molecule has 0 heterocycles. The van der Waals surface area contributed by atoms with E-state index >= 15 is 0 Å². The third-order valence-electron chi connectivity index (χ3n) is 2.07. The highest BCUT2D eigenvalue weighted by atomic mass is 35.5. The predicted molar refractivity (Wildman–Crippen MR) is 79.0 cm³/mol. The number of amides is 1. The van der Waals surface area contributed by atoms with Crippen molar-refractivity contribution in [3.63, 3.8) is 0 Å². The van der Waals surface area contributed by atoms with Crippen molar-refractivity contribution in [3.05, 3.63) is 24.3 Å². The van der Waals surface area contributed by atoms with Crippen LogP contribution in [-0.4, -0.2) is 30.3 Å². The Balaban J connectivity index is 2.40. The summed E-state index contributed by atoms with van der Waals surface area (Å²) in [6.45, 7) is 5.63. The SMILES string of the molecule is CC(C)(C)OC(=O)Nc1ccc(OCCOC(=O)Cl)cc1. The molecule has 1 rings (SSSR count). The largest absolute Gasteiger partial charge is 0.490 e. The molecule has 0 aromatic heterocycles. The van der Waals surface area contributed by atoms with E-state index in [1.807, 2.05) is 0 Å². The monoisotopic (exact) mass is 315 g/mol. The maximum atomic E-state index is 11.6. The van der Waals surface area contributed by atoms with Gasteiger partial charge in [-0.2, -0.15) is 0 Å². The molecule has 1 amide bonds. The van der Waals surface area contributed by atoms with Crippen LogP contribution in [0, 0.1) is 0 Å². The fourth-order valence-electron chi connectivity index (χ4n) is 1.34. The average Bonchev–Trinajstić information content (AvgIpc) is 2.34. The number of halogens is 1. The molecular formula is C14H18ClNO5. The van der Waals surface area contributed by atoms with Crippen molar-refractivity contribution in [1.82, 2.24) is 0 Å². The van der Waals surface area contributed by atoms with Crippen LogP contribution in [0.15, 0.2) is 24.3 Å². The summed E-state index contributed by atoms with van der Waals surface area (Å²) in [4.78, 5) is 21.9. The van der Waals surface area contributed by atoms with E-state index in [0.717, 1.165) is 0 Å². The Hall–Kier alpha value is -1.95. The Labute approximate surface area is 128 Å². The van der Waals surface area contributed by atoms with Gasteiger partial charge in [-0.15, -0.1) is 0 Å². The van der Waals surface area contributed by atoms with Crippen LogP contribution in [0.2, 0.25) is 0 Å². The van der Waals surface area contributed by atoms with Gasteiger partial charge in [0.05, 0.1) is 0 Å².